The number of aromatic nitrogens is 2. The summed E-state index contributed by atoms with van der Waals surface area (Å²) in [6.07, 6.45) is 10.6. The Bertz CT molecular complexity index is 435. The lowest BCUT2D eigenvalue weighted by atomic mass is 9.72. The van der Waals surface area contributed by atoms with E-state index in [1.165, 1.54) is 19.3 Å². The summed E-state index contributed by atoms with van der Waals surface area (Å²) in [6, 6.07) is 2.35. The summed E-state index contributed by atoms with van der Waals surface area (Å²) in [5.74, 6) is 1.30. The van der Waals surface area contributed by atoms with Crippen LogP contribution < -0.4 is 0 Å². The van der Waals surface area contributed by atoms with E-state index in [2.05, 4.69) is 14.9 Å². The van der Waals surface area contributed by atoms with E-state index in [4.69, 9.17) is 0 Å². The Hall–Kier alpha value is -1.00. The summed E-state index contributed by atoms with van der Waals surface area (Å²) in [4.78, 5) is 11.2. The van der Waals surface area contributed by atoms with Crippen LogP contribution in [0.1, 0.15) is 51.3 Å². The normalized spacial score (nSPS) is 35.3. The lowest BCUT2D eigenvalue weighted by Gasteiger charge is -2.43. The van der Waals surface area contributed by atoms with E-state index in [0.717, 1.165) is 38.2 Å². The van der Waals surface area contributed by atoms with Gasteiger partial charge in [0.2, 0.25) is 0 Å². The quantitative estimate of drug-likeness (QED) is 0.920. The topological polar surface area (TPSA) is 49.2 Å². The van der Waals surface area contributed by atoms with Crippen molar-refractivity contribution in [3.8, 4) is 0 Å². The monoisotopic (exact) mass is 275 g/mol. The minimum absolute atomic E-state index is 0.405. The average molecular weight is 275 g/mol. The third kappa shape index (κ3) is 2.86. The van der Waals surface area contributed by atoms with Gasteiger partial charge in [-0.2, -0.15) is 0 Å². The van der Waals surface area contributed by atoms with E-state index < -0.39 is 5.60 Å². The zero-order valence-electron chi connectivity index (χ0n) is 12.3. The summed E-state index contributed by atoms with van der Waals surface area (Å²) < 4.78 is 0. The minimum Gasteiger partial charge on any atom is -0.390 e. The van der Waals surface area contributed by atoms with Gasteiger partial charge in [-0.25, -0.2) is 9.97 Å². The van der Waals surface area contributed by atoms with Gasteiger partial charge in [0.1, 0.15) is 5.82 Å². The molecule has 1 saturated carbocycles. The first-order chi connectivity index (χ1) is 9.67. The van der Waals surface area contributed by atoms with Gasteiger partial charge < -0.3 is 5.11 Å². The molecule has 0 amide bonds. The molecule has 2 aliphatic rings. The highest BCUT2D eigenvalue weighted by Crippen LogP contribution is 2.40. The predicted molar refractivity (Wildman–Crippen MR) is 78.0 cm³/mol. The second kappa shape index (κ2) is 5.78. The molecule has 1 aromatic rings. The maximum Gasteiger partial charge on any atom is 0.142 e. The molecule has 2 heterocycles. The van der Waals surface area contributed by atoms with Gasteiger partial charge in [0, 0.05) is 24.4 Å². The fraction of sp³-hybridized carbons (Fsp3) is 0.750. The van der Waals surface area contributed by atoms with E-state index in [1.54, 1.807) is 0 Å². The molecule has 1 aliphatic carbocycles. The third-order valence-electron chi connectivity index (χ3n) is 5.09. The van der Waals surface area contributed by atoms with Gasteiger partial charge in [-0.05, 0) is 45.2 Å². The molecule has 0 spiro atoms. The summed E-state index contributed by atoms with van der Waals surface area (Å²) in [6.45, 7) is 3.96. The molecule has 20 heavy (non-hydrogen) atoms. The van der Waals surface area contributed by atoms with Crippen molar-refractivity contribution in [1.29, 1.82) is 0 Å². The first-order valence-corrected chi connectivity index (χ1v) is 7.89. The molecule has 3 unspecified atom stereocenters. The van der Waals surface area contributed by atoms with Crippen molar-refractivity contribution in [2.45, 2.75) is 63.6 Å². The van der Waals surface area contributed by atoms with Gasteiger partial charge >= 0.3 is 0 Å². The Morgan fingerprint density at radius 3 is 2.80 bits per heavy atom. The molecule has 0 bridgehead atoms. The summed E-state index contributed by atoms with van der Waals surface area (Å²) in [7, 11) is 0. The molecule has 3 atom stereocenters. The number of aliphatic hydroxyl groups is 1. The number of rotatable bonds is 3. The molecule has 1 saturated heterocycles. The smallest absolute Gasteiger partial charge is 0.142 e. The van der Waals surface area contributed by atoms with Gasteiger partial charge in [-0.1, -0.05) is 12.8 Å². The maximum absolute atomic E-state index is 10.7. The van der Waals surface area contributed by atoms with Crippen molar-refractivity contribution in [1.82, 2.24) is 14.9 Å². The van der Waals surface area contributed by atoms with Crippen LogP contribution in [0.3, 0.4) is 0 Å². The number of nitrogens with zero attached hydrogens (tertiary/aromatic N) is 3. The van der Waals surface area contributed by atoms with Crippen LogP contribution in [0.5, 0.6) is 0 Å². The van der Waals surface area contributed by atoms with Gasteiger partial charge in [-0.15, -0.1) is 0 Å². The molecular formula is C16H25N3O. The van der Waals surface area contributed by atoms with Crippen LogP contribution >= 0.6 is 0 Å². The van der Waals surface area contributed by atoms with Crippen molar-refractivity contribution >= 4 is 0 Å². The van der Waals surface area contributed by atoms with Crippen molar-refractivity contribution < 1.29 is 5.11 Å². The number of likely N-dealkylation sites (tertiary alicyclic amines) is 1. The second-order valence-electron chi connectivity index (χ2n) is 6.55. The zero-order chi connectivity index (χ0) is 14.0. The molecule has 1 aliphatic heterocycles. The van der Waals surface area contributed by atoms with Crippen LogP contribution in [0.25, 0.3) is 0 Å². The van der Waals surface area contributed by atoms with Gasteiger partial charge in [0.25, 0.3) is 0 Å². The maximum atomic E-state index is 10.7. The average Bonchev–Trinajstić information content (AvgIpc) is 2.87. The summed E-state index contributed by atoms with van der Waals surface area (Å²) in [5, 5.41) is 10.7. The van der Waals surface area contributed by atoms with Gasteiger partial charge in [-0.3, -0.25) is 4.90 Å². The highest BCUT2D eigenvalue weighted by molar-refractivity contribution is 4.98. The van der Waals surface area contributed by atoms with Crippen molar-refractivity contribution in [2.75, 3.05) is 6.54 Å². The van der Waals surface area contributed by atoms with E-state index >= 15 is 0 Å². The molecule has 0 aromatic carbocycles. The van der Waals surface area contributed by atoms with Gasteiger partial charge in [0.05, 0.1) is 12.1 Å². The SMILES string of the molecule is CC1(O)CCCCC1C1CCCN1Cc1ncccn1. The molecule has 3 rings (SSSR count). The van der Waals surface area contributed by atoms with E-state index in [0.29, 0.717) is 12.0 Å². The minimum atomic E-state index is -0.497. The molecule has 4 nitrogen and oxygen atoms in total. The largest absolute Gasteiger partial charge is 0.390 e. The number of hydrogen-bond acceptors (Lipinski definition) is 4. The number of hydrogen-bond donors (Lipinski definition) is 1. The highest BCUT2D eigenvalue weighted by Gasteiger charge is 2.43. The zero-order valence-corrected chi connectivity index (χ0v) is 12.3. The van der Waals surface area contributed by atoms with Crippen molar-refractivity contribution in [3.05, 3.63) is 24.3 Å². The summed E-state index contributed by atoms with van der Waals surface area (Å²) in [5.41, 5.74) is -0.497. The molecule has 4 heteroatoms. The van der Waals surface area contributed by atoms with E-state index in [9.17, 15) is 5.11 Å². The van der Waals surface area contributed by atoms with Gasteiger partial charge in [0.15, 0.2) is 0 Å². The lowest BCUT2D eigenvalue weighted by Crippen LogP contribution is -2.48. The predicted octanol–water partition coefficient (Wildman–Crippen LogP) is 2.38. The van der Waals surface area contributed by atoms with E-state index in [-0.39, 0.29) is 0 Å². The van der Waals surface area contributed by atoms with Crippen LogP contribution in [0, 0.1) is 5.92 Å². The highest BCUT2D eigenvalue weighted by atomic mass is 16.3. The lowest BCUT2D eigenvalue weighted by molar-refractivity contribution is -0.0631. The molecule has 110 valence electrons. The molecular weight excluding hydrogens is 250 g/mol. The van der Waals surface area contributed by atoms with Crippen molar-refractivity contribution in [2.24, 2.45) is 5.92 Å². The first kappa shape index (κ1) is 14.0. The van der Waals surface area contributed by atoms with Crippen LogP contribution in [0.2, 0.25) is 0 Å². The Labute approximate surface area is 121 Å². The molecule has 1 N–H and O–H groups in total. The molecule has 0 radical (unpaired) electrons. The van der Waals surface area contributed by atoms with Crippen molar-refractivity contribution in [3.63, 3.8) is 0 Å². The fourth-order valence-corrected chi connectivity index (χ4v) is 4.05. The summed E-state index contributed by atoms with van der Waals surface area (Å²) >= 11 is 0. The van der Waals surface area contributed by atoms with Crippen LogP contribution in [0.15, 0.2) is 18.5 Å². The molecule has 1 aromatic heterocycles. The Morgan fingerprint density at radius 2 is 2.05 bits per heavy atom. The Kier molecular flexibility index (Phi) is 4.03. The fourth-order valence-electron chi connectivity index (χ4n) is 4.05. The van der Waals surface area contributed by atoms with Crippen LogP contribution in [-0.2, 0) is 6.54 Å². The van der Waals surface area contributed by atoms with Crippen LogP contribution in [0.4, 0.5) is 0 Å². The van der Waals surface area contributed by atoms with Crippen LogP contribution in [-0.4, -0.2) is 38.2 Å². The van der Waals surface area contributed by atoms with E-state index in [1.807, 2.05) is 25.4 Å². The Balaban J connectivity index is 1.72. The standard InChI is InChI=1S/C16H25N3O/c1-16(20)8-3-2-6-13(16)14-7-4-11-19(14)12-15-17-9-5-10-18-15/h5,9-10,13-14,20H,2-4,6-8,11-12H2,1H3. The second-order valence-corrected chi connectivity index (χ2v) is 6.55. The molecule has 2 fully saturated rings. The Morgan fingerprint density at radius 1 is 1.25 bits per heavy atom. The third-order valence-corrected chi connectivity index (χ3v) is 5.09. The first-order valence-electron chi connectivity index (χ1n) is 7.89.